The summed E-state index contributed by atoms with van der Waals surface area (Å²) in [6, 6.07) is 10.3. The van der Waals surface area contributed by atoms with Gasteiger partial charge in [0.2, 0.25) is 0 Å². The molecule has 112 valence electrons. The van der Waals surface area contributed by atoms with Gasteiger partial charge in [-0.15, -0.1) is 0 Å². The molecular formula is C16H15Br2IO2. The summed E-state index contributed by atoms with van der Waals surface area (Å²) in [5, 5.41) is 0. The zero-order chi connectivity index (χ0) is 15.6. The van der Waals surface area contributed by atoms with Crippen LogP contribution in [0.1, 0.15) is 21.5 Å². The van der Waals surface area contributed by atoms with Crippen molar-refractivity contribution < 1.29 is 9.47 Å². The predicted octanol–water partition coefficient (Wildman–Crippen LogP) is 5.86. The molecule has 0 aliphatic carbocycles. The van der Waals surface area contributed by atoms with E-state index in [1.165, 1.54) is 14.7 Å². The van der Waals surface area contributed by atoms with Crippen LogP contribution in [0.25, 0.3) is 0 Å². The standard InChI is InChI=1S/C16H15Br2IO2/c1-9-5-4-6-10(15(9)19)13(17)11-7-8-12(20-2)14(18)16(11)21-3/h4-8,13H,1-3H3. The number of rotatable bonds is 4. The fraction of sp³-hybridized carbons (Fsp3) is 0.250. The molecule has 0 amide bonds. The fourth-order valence-electron chi connectivity index (χ4n) is 2.15. The molecule has 1 unspecified atom stereocenters. The van der Waals surface area contributed by atoms with Gasteiger partial charge in [0.05, 0.1) is 19.0 Å². The summed E-state index contributed by atoms with van der Waals surface area (Å²) in [5.74, 6) is 1.54. The molecule has 5 heteroatoms. The molecule has 2 rings (SSSR count). The number of alkyl halides is 1. The summed E-state index contributed by atoms with van der Waals surface area (Å²) >= 11 is 9.74. The second-order valence-electron chi connectivity index (χ2n) is 4.54. The maximum atomic E-state index is 5.57. The number of ether oxygens (including phenoxy) is 2. The molecule has 0 saturated heterocycles. The summed E-state index contributed by atoms with van der Waals surface area (Å²) in [4.78, 5) is 0.0569. The van der Waals surface area contributed by atoms with E-state index in [-0.39, 0.29) is 4.83 Å². The lowest BCUT2D eigenvalue weighted by molar-refractivity contribution is 0.386. The minimum absolute atomic E-state index is 0.0569. The van der Waals surface area contributed by atoms with Crippen LogP contribution in [0.4, 0.5) is 0 Å². The Balaban J connectivity index is 2.56. The van der Waals surface area contributed by atoms with E-state index in [9.17, 15) is 0 Å². The van der Waals surface area contributed by atoms with Gasteiger partial charge in [-0.25, -0.2) is 0 Å². The lowest BCUT2D eigenvalue weighted by Crippen LogP contribution is -2.01. The normalized spacial score (nSPS) is 12.1. The smallest absolute Gasteiger partial charge is 0.141 e. The molecule has 0 heterocycles. The van der Waals surface area contributed by atoms with Crippen molar-refractivity contribution in [1.82, 2.24) is 0 Å². The van der Waals surface area contributed by atoms with Crippen LogP contribution in [0.2, 0.25) is 0 Å². The lowest BCUT2D eigenvalue weighted by Gasteiger charge is -2.19. The first-order chi connectivity index (χ1) is 10.0. The molecule has 0 N–H and O–H groups in total. The van der Waals surface area contributed by atoms with Gasteiger partial charge in [0.15, 0.2) is 0 Å². The maximum Gasteiger partial charge on any atom is 0.141 e. The number of benzene rings is 2. The molecule has 0 aromatic heterocycles. The zero-order valence-electron chi connectivity index (χ0n) is 11.9. The molecule has 0 bridgehead atoms. The van der Waals surface area contributed by atoms with Gasteiger partial charge in [-0.05, 0) is 62.6 Å². The number of halogens is 3. The Morgan fingerprint density at radius 1 is 1.05 bits per heavy atom. The average Bonchev–Trinajstić information content (AvgIpc) is 2.49. The molecule has 0 aliphatic rings. The number of hydrogen-bond acceptors (Lipinski definition) is 2. The molecule has 0 saturated carbocycles. The topological polar surface area (TPSA) is 18.5 Å². The second-order valence-corrected chi connectivity index (χ2v) is 7.33. The van der Waals surface area contributed by atoms with E-state index in [4.69, 9.17) is 9.47 Å². The maximum absolute atomic E-state index is 5.57. The van der Waals surface area contributed by atoms with E-state index < -0.39 is 0 Å². The number of methoxy groups -OCH3 is 2. The van der Waals surface area contributed by atoms with Crippen molar-refractivity contribution in [3.8, 4) is 11.5 Å². The van der Waals surface area contributed by atoms with Crippen molar-refractivity contribution in [2.24, 2.45) is 0 Å². The molecule has 2 nitrogen and oxygen atoms in total. The van der Waals surface area contributed by atoms with Crippen LogP contribution in [0.3, 0.4) is 0 Å². The fourth-order valence-corrected chi connectivity index (χ4v) is 4.68. The van der Waals surface area contributed by atoms with Gasteiger partial charge >= 0.3 is 0 Å². The first kappa shape index (κ1) is 17.1. The van der Waals surface area contributed by atoms with E-state index in [0.29, 0.717) is 0 Å². The van der Waals surface area contributed by atoms with Crippen LogP contribution in [0.5, 0.6) is 11.5 Å². The molecule has 0 spiro atoms. The van der Waals surface area contributed by atoms with Gasteiger partial charge in [0, 0.05) is 9.13 Å². The highest BCUT2D eigenvalue weighted by Crippen LogP contribution is 2.45. The van der Waals surface area contributed by atoms with Gasteiger partial charge in [-0.3, -0.25) is 0 Å². The molecule has 0 aliphatic heterocycles. The predicted molar refractivity (Wildman–Crippen MR) is 102 cm³/mol. The quantitative estimate of drug-likeness (QED) is 0.367. The Hall–Kier alpha value is -0.270. The van der Waals surface area contributed by atoms with Crippen molar-refractivity contribution in [3.63, 3.8) is 0 Å². The molecular weight excluding hydrogens is 511 g/mol. The third-order valence-electron chi connectivity index (χ3n) is 3.28. The lowest BCUT2D eigenvalue weighted by atomic mass is 10.0. The zero-order valence-corrected chi connectivity index (χ0v) is 17.2. The SMILES string of the molecule is COc1ccc(C(Br)c2cccc(C)c2I)c(OC)c1Br. The third-order valence-corrected chi connectivity index (χ3v) is 6.49. The first-order valence-electron chi connectivity index (χ1n) is 6.30. The highest BCUT2D eigenvalue weighted by Gasteiger charge is 2.21. The van der Waals surface area contributed by atoms with Gasteiger partial charge in [0.25, 0.3) is 0 Å². The Morgan fingerprint density at radius 2 is 1.76 bits per heavy atom. The summed E-state index contributed by atoms with van der Waals surface area (Å²) < 4.78 is 13.0. The number of aryl methyl sites for hydroxylation is 1. The highest BCUT2D eigenvalue weighted by molar-refractivity contribution is 14.1. The van der Waals surface area contributed by atoms with E-state index in [1.54, 1.807) is 14.2 Å². The molecule has 0 radical (unpaired) electrons. The Kier molecular flexibility index (Phi) is 5.96. The van der Waals surface area contributed by atoms with Gasteiger partial charge in [-0.1, -0.05) is 40.2 Å². The molecule has 2 aromatic carbocycles. The van der Waals surface area contributed by atoms with Crippen molar-refractivity contribution in [3.05, 3.63) is 55.1 Å². The highest BCUT2D eigenvalue weighted by atomic mass is 127. The van der Waals surface area contributed by atoms with E-state index in [2.05, 4.69) is 79.6 Å². The molecule has 1 atom stereocenters. The van der Waals surface area contributed by atoms with Gasteiger partial charge in [-0.2, -0.15) is 0 Å². The van der Waals surface area contributed by atoms with Crippen LogP contribution in [-0.2, 0) is 0 Å². The van der Waals surface area contributed by atoms with Crippen LogP contribution < -0.4 is 9.47 Å². The average molecular weight is 526 g/mol. The summed E-state index contributed by atoms with van der Waals surface area (Å²) in [6.07, 6.45) is 0. The first-order valence-corrected chi connectivity index (χ1v) is 9.09. The largest absolute Gasteiger partial charge is 0.495 e. The van der Waals surface area contributed by atoms with Gasteiger partial charge < -0.3 is 9.47 Å². The van der Waals surface area contributed by atoms with Gasteiger partial charge in [0.1, 0.15) is 16.0 Å². The van der Waals surface area contributed by atoms with Crippen LogP contribution in [0, 0.1) is 10.5 Å². The minimum Gasteiger partial charge on any atom is -0.495 e. The Bertz CT molecular complexity index is 659. The van der Waals surface area contributed by atoms with Crippen molar-refractivity contribution in [1.29, 1.82) is 0 Å². The Morgan fingerprint density at radius 3 is 2.38 bits per heavy atom. The van der Waals surface area contributed by atoms with Crippen LogP contribution >= 0.6 is 54.5 Å². The van der Waals surface area contributed by atoms with E-state index in [1.807, 2.05) is 12.1 Å². The van der Waals surface area contributed by atoms with E-state index in [0.717, 1.165) is 21.5 Å². The number of hydrogen-bond donors (Lipinski definition) is 0. The van der Waals surface area contributed by atoms with Crippen LogP contribution in [-0.4, -0.2) is 14.2 Å². The summed E-state index contributed by atoms with van der Waals surface area (Å²) in [5.41, 5.74) is 3.56. The molecule has 21 heavy (non-hydrogen) atoms. The summed E-state index contributed by atoms with van der Waals surface area (Å²) in [6.45, 7) is 2.12. The monoisotopic (exact) mass is 524 g/mol. The van der Waals surface area contributed by atoms with E-state index >= 15 is 0 Å². The van der Waals surface area contributed by atoms with Crippen molar-refractivity contribution >= 4 is 54.5 Å². The third kappa shape index (κ3) is 3.40. The van der Waals surface area contributed by atoms with Crippen LogP contribution in [0.15, 0.2) is 34.8 Å². The summed E-state index contributed by atoms with van der Waals surface area (Å²) in [7, 11) is 3.32. The minimum atomic E-state index is 0.0569. The molecule has 2 aromatic rings. The molecule has 0 fully saturated rings. The second kappa shape index (κ2) is 7.33. The van der Waals surface area contributed by atoms with Crippen molar-refractivity contribution in [2.75, 3.05) is 14.2 Å². The van der Waals surface area contributed by atoms with Crippen molar-refractivity contribution in [2.45, 2.75) is 11.8 Å². The Labute approximate surface area is 155 Å².